The van der Waals surface area contributed by atoms with Gasteiger partial charge in [-0.25, -0.2) is 18.1 Å². The highest BCUT2D eigenvalue weighted by molar-refractivity contribution is 7.89. The number of carbonyl (C=O) groups excluding carboxylic acids is 1. The van der Waals surface area contributed by atoms with Gasteiger partial charge in [0, 0.05) is 6.07 Å². The van der Waals surface area contributed by atoms with Crippen LogP contribution in [0.25, 0.3) is 0 Å². The van der Waals surface area contributed by atoms with Crippen LogP contribution in [0.15, 0.2) is 18.2 Å². The Balaban J connectivity index is 2.92. The van der Waals surface area contributed by atoms with E-state index in [1.54, 1.807) is 4.72 Å². The Bertz CT molecular complexity index is 556. The maximum atomic E-state index is 11.4. The van der Waals surface area contributed by atoms with Crippen LogP contribution in [0.1, 0.15) is 14.6 Å². The highest BCUT2D eigenvalue weighted by atomic mass is 32.2. The van der Waals surface area contributed by atoms with Crippen molar-refractivity contribution in [2.45, 2.75) is 0 Å². The maximum Gasteiger partial charge on any atom is 0.283 e. The van der Waals surface area contributed by atoms with Crippen molar-refractivity contribution in [3.05, 3.63) is 23.9 Å². The fourth-order valence-corrected chi connectivity index (χ4v) is 1.26. The first-order valence-electron chi connectivity index (χ1n) is 5.25. The second-order valence-electron chi connectivity index (χ2n) is 2.67. The standard InChI is InChI=1S/C8H10N2O4S/c1-14-7-5-3-4-6(9-7)8(11)10-15(2,12)13/h3-5H,1-2H3,(H,10,11)/i1D3. The molecule has 0 aliphatic rings. The van der Waals surface area contributed by atoms with Crippen LogP contribution in [0.4, 0.5) is 0 Å². The van der Waals surface area contributed by atoms with Crippen molar-refractivity contribution in [1.82, 2.24) is 9.71 Å². The Morgan fingerprint density at radius 3 is 2.93 bits per heavy atom. The zero-order valence-electron chi connectivity index (χ0n) is 10.7. The van der Waals surface area contributed by atoms with E-state index in [4.69, 9.17) is 4.11 Å². The average Bonchev–Trinajstić information content (AvgIpc) is 2.12. The Kier molecular flexibility index (Phi) is 2.17. The summed E-state index contributed by atoms with van der Waals surface area (Å²) in [6.07, 6.45) is 0.813. The molecule has 0 unspecified atom stereocenters. The van der Waals surface area contributed by atoms with E-state index in [0.717, 1.165) is 6.26 Å². The number of amides is 1. The van der Waals surface area contributed by atoms with E-state index in [9.17, 15) is 13.2 Å². The largest absolute Gasteiger partial charge is 0.481 e. The molecule has 15 heavy (non-hydrogen) atoms. The zero-order valence-corrected chi connectivity index (χ0v) is 8.54. The van der Waals surface area contributed by atoms with Gasteiger partial charge in [0.15, 0.2) is 0 Å². The van der Waals surface area contributed by atoms with Crippen molar-refractivity contribution in [3.8, 4) is 5.88 Å². The topological polar surface area (TPSA) is 85.4 Å². The molecule has 1 aromatic rings. The van der Waals surface area contributed by atoms with Crippen molar-refractivity contribution in [2.24, 2.45) is 0 Å². The lowest BCUT2D eigenvalue weighted by atomic mass is 10.3. The van der Waals surface area contributed by atoms with E-state index in [1.165, 1.54) is 18.2 Å². The predicted molar refractivity (Wildman–Crippen MR) is 53.1 cm³/mol. The van der Waals surface area contributed by atoms with Crippen molar-refractivity contribution in [1.29, 1.82) is 0 Å². The average molecular weight is 233 g/mol. The third kappa shape index (κ3) is 3.55. The van der Waals surface area contributed by atoms with Gasteiger partial charge in [-0.15, -0.1) is 0 Å². The smallest absolute Gasteiger partial charge is 0.283 e. The van der Waals surface area contributed by atoms with Gasteiger partial charge in [0.1, 0.15) is 5.69 Å². The first-order valence-corrected chi connectivity index (χ1v) is 5.64. The number of hydrogen-bond donors (Lipinski definition) is 1. The summed E-state index contributed by atoms with van der Waals surface area (Å²) in [5, 5.41) is 0. The maximum absolute atomic E-state index is 11.4. The summed E-state index contributed by atoms with van der Waals surface area (Å²) < 4.78 is 48.5. The molecule has 6 nitrogen and oxygen atoms in total. The van der Waals surface area contributed by atoms with Gasteiger partial charge in [0.25, 0.3) is 5.91 Å². The van der Waals surface area contributed by atoms with E-state index in [1.807, 2.05) is 0 Å². The Morgan fingerprint density at radius 2 is 2.33 bits per heavy atom. The van der Waals surface area contributed by atoms with Gasteiger partial charge in [-0.3, -0.25) is 4.79 Å². The summed E-state index contributed by atoms with van der Waals surface area (Å²) in [7, 11) is -6.41. The summed E-state index contributed by atoms with van der Waals surface area (Å²) in [4.78, 5) is 15.0. The molecule has 0 aromatic carbocycles. The minimum Gasteiger partial charge on any atom is -0.481 e. The van der Waals surface area contributed by atoms with Crippen LogP contribution in [-0.4, -0.2) is 32.6 Å². The number of ether oxygens (including phenoxy) is 1. The first kappa shape index (κ1) is 7.63. The molecule has 82 valence electrons. The molecule has 1 N–H and O–H groups in total. The number of nitrogens with one attached hydrogen (secondary N) is 1. The molecule has 0 saturated heterocycles. The molecule has 0 fully saturated rings. The van der Waals surface area contributed by atoms with Gasteiger partial charge in [-0.1, -0.05) is 6.07 Å². The van der Waals surface area contributed by atoms with Crippen LogP contribution >= 0.6 is 0 Å². The molecule has 1 aromatic heterocycles. The minimum absolute atomic E-state index is 0.262. The van der Waals surface area contributed by atoms with E-state index in [0.29, 0.717) is 0 Å². The predicted octanol–water partition coefficient (Wildman–Crippen LogP) is -0.220. The van der Waals surface area contributed by atoms with Gasteiger partial charge < -0.3 is 4.74 Å². The molecule has 1 amide bonds. The number of hydrogen-bond acceptors (Lipinski definition) is 5. The number of nitrogens with zero attached hydrogens (tertiary/aromatic N) is 1. The Labute approximate surface area is 91.5 Å². The lowest BCUT2D eigenvalue weighted by Crippen LogP contribution is -2.29. The van der Waals surface area contributed by atoms with Gasteiger partial charge >= 0.3 is 0 Å². The molecule has 0 aliphatic heterocycles. The van der Waals surface area contributed by atoms with Crippen molar-refractivity contribution in [3.63, 3.8) is 0 Å². The van der Waals surface area contributed by atoms with E-state index < -0.39 is 23.0 Å². The van der Waals surface area contributed by atoms with Crippen molar-refractivity contribution in [2.75, 3.05) is 13.3 Å². The normalized spacial score (nSPS) is 14.6. The molecular formula is C8H10N2O4S. The number of pyridine rings is 1. The van der Waals surface area contributed by atoms with Crippen LogP contribution < -0.4 is 9.46 Å². The number of carbonyl (C=O) groups is 1. The molecule has 0 radical (unpaired) electrons. The highest BCUT2D eigenvalue weighted by Gasteiger charge is 2.12. The third-order valence-corrected chi connectivity index (χ3v) is 1.90. The van der Waals surface area contributed by atoms with Crippen LogP contribution in [0.2, 0.25) is 0 Å². The number of methoxy groups -OCH3 is 1. The number of sulfonamides is 1. The monoisotopic (exact) mass is 233 g/mol. The second-order valence-corrected chi connectivity index (χ2v) is 4.41. The van der Waals surface area contributed by atoms with Crippen molar-refractivity contribution < 1.29 is 22.1 Å². The molecule has 0 aliphatic carbocycles. The molecule has 1 heterocycles. The van der Waals surface area contributed by atoms with E-state index in [-0.39, 0.29) is 11.6 Å². The molecule has 0 spiro atoms. The van der Waals surface area contributed by atoms with Crippen LogP contribution in [0.3, 0.4) is 0 Å². The quantitative estimate of drug-likeness (QED) is 0.780. The lowest BCUT2D eigenvalue weighted by molar-refractivity contribution is 0.0976. The van der Waals surface area contributed by atoms with Gasteiger partial charge in [-0.05, 0) is 6.07 Å². The molecule has 0 atom stereocenters. The third-order valence-electron chi connectivity index (χ3n) is 1.34. The summed E-state index contributed by atoms with van der Waals surface area (Å²) >= 11 is 0. The SMILES string of the molecule is [2H]C([2H])([2H])Oc1cccc(C(=O)NS(C)(=O)=O)n1. The first-order chi connectivity index (χ1) is 8.07. The molecule has 0 saturated carbocycles. The lowest BCUT2D eigenvalue weighted by Gasteiger charge is -2.03. The summed E-state index contributed by atoms with van der Waals surface area (Å²) in [5.41, 5.74) is -0.262. The molecule has 1 rings (SSSR count). The summed E-state index contributed by atoms with van der Waals surface area (Å²) in [6, 6.07) is 3.79. The number of rotatable bonds is 3. The summed E-state index contributed by atoms with van der Waals surface area (Å²) in [6.45, 7) is 0. The Hall–Kier alpha value is -1.63. The van der Waals surface area contributed by atoms with Crippen molar-refractivity contribution >= 4 is 15.9 Å². The van der Waals surface area contributed by atoms with Gasteiger partial charge in [0.05, 0.1) is 17.4 Å². The summed E-state index contributed by atoms with van der Waals surface area (Å²) in [5.74, 6) is -1.26. The van der Waals surface area contributed by atoms with E-state index in [2.05, 4.69) is 9.72 Å². The minimum atomic E-state index is -3.71. The zero-order chi connectivity index (χ0) is 14.0. The Morgan fingerprint density at radius 1 is 1.60 bits per heavy atom. The second kappa shape index (κ2) is 4.26. The fourth-order valence-electron chi connectivity index (χ4n) is 0.819. The van der Waals surface area contributed by atoms with Gasteiger partial charge in [-0.2, -0.15) is 0 Å². The van der Waals surface area contributed by atoms with E-state index >= 15 is 0 Å². The van der Waals surface area contributed by atoms with Crippen LogP contribution in [-0.2, 0) is 10.0 Å². The number of aromatic nitrogens is 1. The van der Waals surface area contributed by atoms with Crippen LogP contribution in [0, 0.1) is 0 Å². The highest BCUT2D eigenvalue weighted by Crippen LogP contribution is 2.06. The molecular weight excluding hydrogens is 220 g/mol. The molecule has 0 bridgehead atoms. The fraction of sp³-hybridized carbons (Fsp3) is 0.250. The van der Waals surface area contributed by atoms with Crippen LogP contribution in [0.5, 0.6) is 5.88 Å². The van der Waals surface area contributed by atoms with Gasteiger partial charge in [0.2, 0.25) is 15.9 Å². The molecule has 7 heteroatoms.